The van der Waals surface area contributed by atoms with Gasteiger partial charge in [-0.3, -0.25) is 14.9 Å². The second kappa shape index (κ2) is 4.92. The Bertz CT molecular complexity index is 517. The summed E-state index contributed by atoms with van der Waals surface area (Å²) in [4.78, 5) is 22.7. The molecule has 2 aliphatic heterocycles. The van der Waals surface area contributed by atoms with Crippen LogP contribution in [0.25, 0.3) is 0 Å². The highest BCUT2D eigenvalue weighted by Crippen LogP contribution is 2.36. The average Bonchev–Trinajstić information content (AvgIpc) is 2.82. The number of nitro benzene ring substituents is 1. The molecule has 2 fully saturated rings. The number of nitrogens with zero attached hydrogens (tertiary/aromatic N) is 1. The summed E-state index contributed by atoms with van der Waals surface area (Å²) in [6, 6.07) is 6.30. The zero-order chi connectivity index (χ0) is 13.4. The van der Waals surface area contributed by atoms with E-state index in [9.17, 15) is 14.9 Å². The number of carbonyl (C=O) groups is 1. The van der Waals surface area contributed by atoms with Gasteiger partial charge >= 0.3 is 0 Å². The fourth-order valence-electron chi connectivity index (χ4n) is 2.15. The van der Waals surface area contributed by atoms with Gasteiger partial charge in [0, 0.05) is 28.7 Å². The van der Waals surface area contributed by atoms with Crippen LogP contribution in [-0.2, 0) is 14.3 Å². The number of nitro groups is 1. The van der Waals surface area contributed by atoms with Gasteiger partial charge in [0.25, 0.3) is 5.69 Å². The van der Waals surface area contributed by atoms with E-state index in [0.29, 0.717) is 13.0 Å². The van der Waals surface area contributed by atoms with Crippen molar-refractivity contribution in [2.75, 3.05) is 6.61 Å². The van der Waals surface area contributed by atoms with Crippen LogP contribution in [-0.4, -0.2) is 35.0 Å². The summed E-state index contributed by atoms with van der Waals surface area (Å²) in [6.45, 7) is 0.432. The molecule has 3 rings (SSSR count). The normalized spacial score (nSPS) is 29.5. The summed E-state index contributed by atoms with van der Waals surface area (Å²) in [5.41, 5.74) is 0.0598. The van der Waals surface area contributed by atoms with Gasteiger partial charge < -0.3 is 9.47 Å². The van der Waals surface area contributed by atoms with Crippen LogP contribution in [0.2, 0.25) is 0 Å². The zero-order valence-corrected chi connectivity index (χ0v) is 10.7. The minimum atomic E-state index is -0.682. The van der Waals surface area contributed by atoms with Gasteiger partial charge in [-0.1, -0.05) is 0 Å². The number of hydrogen-bond donors (Lipinski definition) is 0. The van der Waals surface area contributed by atoms with E-state index in [-0.39, 0.29) is 22.8 Å². The molecule has 2 aliphatic rings. The molecule has 0 aliphatic carbocycles. The van der Waals surface area contributed by atoms with Crippen LogP contribution < -0.4 is 0 Å². The van der Waals surface area contributed by atoms with Crippen LogP contribution in [0, 0.1) is 10.1 Å². The van der Waals surface area contributed by atoms with Crippen LogP contribution in [0.3, 0.4) is 0 Å². The maximum atomic E-state index is 11.6. The maximum absolute atomic E-state index is 11.6. The maximum Gasteiger partial charge on any atom is 0.269 e. The lowest BCUT2D eigenvalue weighted by Gasteiger charge is -2.25. The number of rotatable bonds is 3. The van der Waals surface area contributed by atoms with Crippen molar-refractivity contribution in [2.24, 2.45) is 0 Å². The lowest BCUT2D eigenvalue weighted by molar-refractivity contribution is -0.384. The predicted octanol–water partition coefficient (Wildman–Crippen LogP) is 1.77. The van der Waals surface area contributed by atoms with Gasteiger partial charge in [0.05, 0.1) is 17.6 Å². The Hall–Kier alpha value is -1.44. The van der Waals surface area contributed by atoms with E-state index in [1.807, 2.05) is 0 Å². The standard InChI is InChI=1S/C12H11NO5S/c14-9-5-11(10-6-17-12(9)18-10)19-8-3-1-7(2-4-8)13(15)16/h1-4,10-12H,5-6H2/t10-,11-,12-/m1/s1. The van der Waals surface area contributed by atoms with Gasteiger partial charge in [0.1, 0.15) is 0 Å². The highest BCUT2D eigenvalue weighted by atomic mass is 32.2. The fraction of sp³-hybridized carbons (Fsp3) is 0.417. The van der Waals surface area contributed by atoms with Crippen LogP contribution >= 0.6 is 11.8 Å². The molecule has 0 N–H and O–H groups in total. The number of non-ortho nitro benzene ring substituents is 1. The van der Waals surface area contributed by atoms with Gasteiger partial charge in [0.15, 0.2) is 5.78 Å². The van der Waals surface area contributed by atoms with Gasteiger partial charge in [-0.2, -0.15) is 0 Å². The van der Waals surface area contributed by atoms with E-state index in [2.05, 4.69) is 0 Å². The van der Waals surface area contributed by atoms with Crippen molar-refractivity contribution < 1.29 is 19.2 Å². The molecule has 19 heavy (non-hydrogen) atoms. The Kier molecular flexibility index (Phi) is 3.26. The third-order valence-corrected chi connectivity index (χ3v) is 4.44. The Labute approximate surface area is 113 Å². The molecule has 0 unspecified atom stereocenters. The summed E-state index contributed by atoms with van der Waals surface area (Å²) in [5, 5.41) is 10.6. The summed E-state index contributed by atoms with van der Waals surface area (Å²) < 4.78 is 10.7. The van der Waals surface area contributed by atoms with Gasteiger partial charge in [0.2, 0.25) is 6.29 Å². The Morgan fingerprint density at radius 1 is 1.32 bits per heavy atom. The number of hydrogen-bond acceptors (Lipinski definition) is 6. The van der Waals surface area contributed by atoms with Crippen molar-refractivity contribution in [3.63, 3.8) is 0 Å². The Morgan fingerprint density at radius 3 is 2.74 bits per heavy atom. The summed E-state index contributed by atoms with van der Waals surface area (Å²) in [7, 11) is 0. The largest absolute Gasteiger partial charge is 0.343 e. The van der Waals surface area contributed by atoms with Crippen LogP contribution in [0.4, 0.5) is 5.69 Å². The van der Waals surface area contributed by atoms with Gasteiger partial charge in [-0.05, 0) is 12.1 Å². The van der Waals surface area contributed by atoms with Crippen molar-refractivity contribution in [2.45, 2.75) is 29.0 Å². The van der Waals surface area contributed by atoms with E-state index in [1.165, 1.54) is 23.9 Å². The molecule has 0 amide bonds. The molecule has 0 radical (unpaired) electrons. The highest BCUT2D eigenvalue weighted by molar-refractivity contribution is 8.00. The molecule has 1 aromatic carbocycles. The van der Waals surface area contributed by atoms with Crippen molar-refractivity contribution in [3.8, 4) is 0 Å². The van der Waals surface area contributed by atoms with Crippen molar-refractivity contribution >= 4 is 23.2 Å². The smallest absolute Gasteiger partial charge is 0.269 e. The van der Waals surface area contributed by atoms with Crippen molar-refractivity contribution in [1.82, 2.24) is 0 Å². The van der Waals surface area contributed by atoms with Crippen LogP contribution in [0.15, 0.2) is 29.2 Å². The van der Waals surface area contributed by atoms with E-state index in [0.717, 1.165) is 4.90 Å². The Balaban J connectivity index is 1.71. The second-order valence-corrected chi connectivity index (χ2v) is 5.73. The molecule has 3 atom stereocenters. The SMILES string of the molecule is O=C1C[C@@H](Sc2ccc([N+](=O)[O-])cc2)[C@H]2CO[C@@H]1O2. The van der Waals surface area contributed by atoms with E-state index < -0.39 is 11.2 Å². The average molecular weight is 281 g/mol. The third-order valence-electron chi connectivity index (χ3n) is 3.13. The molecule has 2 saturated heterocycles. The number of Topliss-reactive ketones (excluding diaryl/α,β-unsaturated/α-hetero) is 1. The lowest BCUT2D eigenvalue weighted by Crippen LogP contribution is -2.37. The minimum absolute atomic E-state index is 0.00714. The van der Waals surface area contributed by atoms with E-state index in [4.69, 9.17) is 9.47 Å². The number of ether oxygens (including phenoxy) is 2. The fourth-order valence-corrected chi connectivity index (χ4v) is 3.33. The quantitative estimate of drug-likeness (QED) is 0.620. The molecule has 2 heterocycles. The predicted molar refractivity (Wildman–Crippen MR) is 67.0 cm³/mol. The number of carbonyl (C=O) groups excluding carboxylic acids is 1. The first-order chi connectivity index (χ1) is 9.13. The molecule has 1 aromatic rings. The molecule has 0 spiro atoms. The molecule has 2 bridgehead atoms. The van der Waals surface area contributed by atoms with Crippen molar-refractivity contribution in [3.05, 3.63) is 34.4 Å². The molecule has 0 aromatic heterocycles. The molecule has 7 heteroatoms. The van der Waals surface area contributed by atoms with Gasteiger partial charge in [-0.25, -0.2) is 0 Å². The number of thioether (sulfide) groups is 1. The first kappa shape index (κ1) is 12.6. The molecular formula is C12H11NO5S. The third kappa shape index (κ3) is 2.49. The molecule has 0 saturated carbocycles. The van der Waals surface area contributed by atoms with E-state index in [1.54, 1.807) is 12.1 Å². The number of fused-ring (bicyclic) bond motifs is 2. The highest BCUT2D eigenvalue weighted by Gasteiger charge is 2.43. The van der Waals surface area contributed by atoms with Crippen molar-refractivity contribution in [1.29, 1.82) is 0 Å². The molecular weight excluding hydrogens is 270 g/mol. The van der Waals surface area contributed by atoms with E-state index >= 15 is 0 Å². The summed E-state index contributed by atoms with van der Waals surface area (Å²) in [6.07, 6.45) is -0.349. The topological polar surface area (TPSA) is 78.7 Å². The summed E-state index contributed by atoms with van der Waals surface area (Å²) in [5.74, 6) is -0.0341. The Morgan fingerprint density at radius 2 is 2.05 bits per heavy atom. The molecule has 100 valence electrons. The first-order valence-corrected chi connectivity index (χ1v) is 6.72. The van der Waals surface area contributed by atoms with Crippen LogP contribution in [0.5, 0.6) is 0 Å². The second-order valence-electron chi connectivity index (χ2n) is 4.42. The monoisotopic (exact) mass is 281 g/mol. The van der Waals surface area contributed by atoms with Crippen LogP contribution in [0.1, 0.15) is 6.42 Å². The van der Waals surface area contributed by atoms with Gasteiger partial charge in [-0.15, -0.1) is 11.8 Å². The molecule has 6 nitrogen and oxygen atoms in total. The number of ketones is 1. The first-order valence-electron chi connectivity index (χ1n) is 5.84. The lowest BCUT2D eigenvalue weighted by atomic mass is 10.1. The number of benzene rings is 1. The summed E-state index contributed by atoms with van der Waals surface area (Å²) >= 11 is 1.50. The minimum Gasteiger partial charge on any atom is -0.343 e. The zero-order valence-electron chi connectivity index (χ0n) is 9.85.